The highest BCUT2D eigenvalue weighted by Gasteiger charge is 2.14. The lowest BCUT2D eigenvalue weighted by molar-refractivity contribution is 0.468. The third-order valence-corrected chi connectivity index (χ3v) is 3.07. The normalized spacial score (nSPS) is 14.4. The molecule has 0 aliphatic heterocycles. The van der Waals surface area contributed by atoms with Gasteiger partial charge in [0.15, 0.2) is 5.03 Å². The molecule has 1 aromatic rings. The Hall–Kier alpha value is -0.550. The van der Waals surface area contributed by atoms with Crippen molar-refractivity contribution in [2.75, 3.05) is 0 Å². The maximum atomic E-state index is 10.8. The van der Waals surface area contributed by atoms with Gasteiger partial charge in [0.1, 0.15) is 0 Å². The number of nitrogens with zero attached hydrogens (tertiary/aromatic N) is 2. The second kappa shape index (κ2) is 3.67. The van der Waals surface area contributed by atoms with Crippen LogP contribution in [0.3, 0.4) is 0 Å². The Morgan fingerprint density at radius 2 is 2.31 bits per heavy atom. The van der Waals surface area contributed by atoms with Crippen LogP contribution >= 0.6 is 10.7 Å². The van der Waals surface area contributed by atoms with E-state index in [0.29, 0.717) is 0 Å². The van der Waals surface area contributed by atoms with Crippen LogP contribution < -0.4 is 0 Å². The number of hydrogen-bond donors (Lipinski definition) is 0. The van der Waals surface area contributed by atoms with Crippen LogP contribution in [0.1, 0.15) is 26.3 Å². The van der Waals surface area contributed by atoms with Gasteiger partial charge < -0.3 is 0 Å². The summed E-state index contributed by atoms with van der Waals surface area (Å²) in [5, 5.41) is 3.76. The SMILES string of the molecule is CC[C@@H](C)n1ccc(S(=O)(=O)Cl)n1. The van der Waals surface area contributed by atoms with Gasteiger partial charge in [-0.1, -0.05) is 6.92 Å². The first-order valence-corrected chi connectivity index (χ1v) is 6.26. The first-order valence-electron chi connectivity index (χ1n) is 3.95. The molecule has 1 aromatic heterocycles. The molecular weight excluding hydrogens is 212 g/mol. The molecule has 13 heavy (non-hydrogen) atoms. The lowest BCUT2D eigenvalue weighted by atomic mass is 10.3. The van der Waals surface area contributed by atoms with E-state index in [1.54, 1.807) is 10.9 Å². The van der Waals surface area contributed by atoms with Gasteiger partial charge in [0.25, 0.3) is 9.05 Å². The average molecular weight is 223 g/mol. The molecular formula is C7H11ClN2O2S. The molecule has 0 saturated carbocycles. The zero-order valence-electron chi connectivity index (χ0n) is 7.44. The van der Waals surface area contributed by atoms with E-state index in [0.717, 1.165) is 6.42 Å². The molecule has 0 N–H and O–H groups in total. The summed E-state index contributed by atoms with van der Waals surface area (Å²) in [6.07, 6.45) is 2.51. The fourth-order valence-electron chi connectivity index (χ4n) is 0.883. The minimum atomic E-state index is -3.68. The molecule has 0 saturated heterocycles. The standard InChI is InChI=1S/C7H11ClN2O2S/c1-3-6(2)10-5-4-7(9-10)13(8,11)12/h4-6H,3H2,1-2H3/t6-/m1/s1. The van der Waals surface area contributed by atoms with E-state index in [1.165, 1.54) is 6.07 Å². The molecule has 4 nitrogen and oxygen atoms in total. The molecule has 0 aliphatic rings. The Morgan fingerprint density at radius 3 is 2.69 bits per heavy atom. The zero-order chi connectivity index (χ0) is 10.1. The molecule has 0 aromatic carbocycles. The molecule has 0 unspecified atom stereocenters. The van der Waals surface area contributed by atoms with Crippen LogP contribution in [0.5, 0.6) is 0 Å². The fourth-order valence-corrected chi connectivity index (χ4v) is 1.55. The van der Waals surface area contributed by atoms with Gasteiger partial charge in [-0.2, -0.15) is 5.10 Å². The van der Waals surface area contributed by atoms with E-state index in [1.807, 2.05) is 13.8 Å². The summed E-state index contributed by atoms with van der Waals surface area (Å²) >= 11 is 0. The van der Waals surface area contributed by atoms with Crippen LogP contribution in [0.15, 0.2) is 17.3 Å². The van der Waals surface area contributed by atoms with E-state index in [-0.39, 0.29) is 11.1 Å². The summed E-state index contributed by atoms with van der Waals surface area (Å²) in [6.45, 7) is 3.96. The van der Waals surface area contributed by atoms with Crippen molar-refractivity contribution in [2.45, 2.75) is 31.3 Å². The van der Waals surface area contributed by atoms with Crippen LogP contribution in [0, 0.1) is 0 Å². The maximum absolute atomic E-state index is 10.8. The van der Waals surface area contributed by atoms with Crippen molar-refractivity contribution in [3.05, 3.63) is 12.3 Å². The van der Waals surface area contributed by atoms with Gasteiger partial charge in [-0.25, -0.2) is 8.42 Å². The van der Waals surface area contributed by atoms with Crippen molar-refractivity contribution < 1.29 is 8.42 Å². The van der Waals surface area contributed by atoms with Gasteiger partial charge >= 0.3 is 0 Å². The van der Waals surface area contributed by atoms with E-state index in [2.05, 4.69) is 5.10 Å². The van der Waals surface area contributed by atoms with Crippen LogP contribution in [-0.2, 0) is 9.05 Å². The molecule has 1 atom stereocenters. The van der Waals surface area contributed by atoms with E-state index >= 15 is 0 Å². The molecule has 0 radical (unpaired) electrons. The molecule has 0 fully saturated rings. The second-order valence-corrected chi connectivity index (χ2v) is 5.34. The van der Waals surface area contributed by atoms with Crippen molar-refractivity contribution in [2.24, 2.45) is 0 Å². The third kappa shape index (κ3) is 2.45. The Balaban J connectivity index is 3.00. The maximum Gasteiger partial charge on any atom is 0.280 e. The Labute approximate surface area is 81.9 Å². The van der Waals surface area contributed by atoms with Crippen LogP contribution in [0.25, 0.3) is 0 Å². The molecule has 1 rings (SSSR count). The van der Waals surface area contributed by atoms with Gasteiger partial charge in [0.05, 0.1) is 0 Å². The Kier molecular flexibility index (Phi) is 2.98. The third-order valence-electron chi connectivity index (χ3n) is 1.88. The van der Waals surface area contributed by atoms with Gasteiger partial charge in [-0.3, -0.25) is 4.68 Å². The van der Waals surface area contributed by atoms with Crippen molar-refractivity contribution in [3.63, 3.8) is 0 Å². The van der Waals surface area contributed by atoms with E-state index < -0.39 is 9.05 Å². The lowest BCUT2D eigenvalue weighted by Gasteiger charge is -2.07. The summed E-state index contributed by atoms with van der Waals surface area (Å²) in [5.41, 5.74) is 0. The molecule has 0 bridgehead atoms. The van der Waals surface area contributed by atoms with Crippen molar-refractivity contribution in [1.29, 1.82) is 0 Å². The largest absolute Gasteiger partial charge is 0.280 e. The zero-order valence-corrected chi connectivity index (χ0v) is 9.01. The van der Waals surface area contributed by atoms with Gasteiger partial charge in [0.2, 0.25) is 0 Å². The van der Waals surface area contributed by atoms with E-state index in [4.69, 9.17) is 10.7 Å². The minimum absolute atomic E-state index is 0.0885. The fraction of sp³-hybridized carbons (Fsp3) is 0.571. The number of rotatable bonds is 3. The van der Waals surface area contributed by atoms with Crippen LogP contribution in [-0.4, -0.2) is 18.2 Å². The summed E-state index contributed by atoms with van der Waals surface area (Å²) in [5.74, 6) is 0. The molecule has 0 aliphatic carbocycles. The first kappa shape index (κ1) is 10.5. The topological polar surface area (TPSA) is 52.0 Å². The Morgan fingerprint density at radius 1 is 1.69 bits per heavy atom. The van der Waals surface area contributed by atoms with Gasteiger partial charge in [-0.05, 0) is 19.4 Å². The summed E-state index contributed by atoms with van der Waals surface area (Å²) in [6, 6.07) is 1.58. The highest BCUT2D eigenvalue weighted by Crippen LogP contribution is 2.15. The van der Waals surface area contributed by atoms with Gasteiger partial charge in [-0.15, -0.1) is 0 Å². The predicted octanol–water partition coefficient (Wildman–Crippen LogP) is 1.78. The van der Waals surface area contributed by atoms with Crippen LogP contribution in [0.4, 0.5) is 0 Å². The molecule has 0 spiro atoms. The summed E-state index contributed by atoms with van der Waals surface area (Å²) in [7, 11) is 1.43. The number of halogens is 1. The Bertz CT molecular complexity index is 385. The molecule has 74 valence electrons. The quantitative estimate of drug-likeness (QED) is 0.733. The van der Waals surface area contributed by atoms with Gasteiger partial charge in [0, 0.05) is 22.9 Å². The van der Waals surface area contributed by atoms with E-state index in [9.17, 15) is 8.42 Å². The molecule has 1 heterocycles. The highest BCUT2D eigenvalue weighted by molar-refractivity contribution is 8.13. The molecule has 6 heteroatoms. The second-order valence-electron chi connectivity index (χ2n) is 2.83. The van der Waals surface area contributed by atoms with Crippen molar-refractivity contribution in [3.8, 4) is 0 Å². The summed E-state index contributed by atoms with van der Waals surface area (Å²) < 4.78 is 23.3. The highest BCUT2D eigenvalue weighted by atomic mass is 35.7. The first-order chi connectivity index (χ1) is 5.95. The predicted molar refractivity (Wildman–Crippen MR) is 50.3 cm³/mol. The smallest absolute Gasteiger partial charge is 0.269 e. The number of hydrogen-bond acceptors (Lipinski definition) is 3. The average Bonchev–Trinajstić information content (AvgIpc) is 2.50. The van der Waals surface area contributed by atoms with Crippen molar-refractivity contribution in [1.82, 2.24) is 9.78 Å². The minimum Gasteiger partial charge on any atom is -0.269 e. The number of aromatic nitrogens is 2. The monoisotopic (exact) mass is 222 g/mol. The summed E-state index contributed by atoms with van der Waals surface area (Å²) in [4.78, 5) is 0. The van der Waals surface area contributed by atoms with Crippen molar-refractivity contribution >= 4 is 19.7 Å². The van der Waals surface area contributed by atoms with Crippen LogP contribution in [0.2, 0.25) is 0 Å². The lowest BCUT2D eigenvalue weighted by Crippen LogP contribution is -2.05. The molecule has 0 amide bonds.